The van der Waals surface area contributed by atoms with E-state index < -0.39 is 16.1 Å². The Morgan fingerprint density at radius 3 is 2.46 bits per heavy atom. The van der Waals surface area contributed by atoms with Gasteiger partial charge in [-0.2, -0.15) is 9.40 Å². The summed E-state index contributed by atoms with van der Waals surface area (Å²) in [5, 5.41) is 4.13. The normalized spacial score (nSPS) is 19.6. The average Bonchev–Trinajstić information content (AvgIpc) is 2.86. The molecule has 0 N–H and O–H groups in total. The molecule has 130 valence electrons. The van der Waals surface area contributed by atoms with E-state index in [0.29, 0.717) is 24.7 Å². The van der Waals surface area contributed by atoms with Crippen molar-refractivity contribution in [2.45, 2.75) is 31.8 Å². The molecule has 0 bridgehead atoms. The number of rotatable bonds is 3. The third kappa shape index (κ3) is 3.19. The van der Waals surface area contributed by atoms with Gasteiger partial charge in [0.25, 0.3) is 0 Å². The molecule has 8 nitrogen and oxygen atoms in total. The van der Waals surface area contributed by atoms with Crippen molar-refractivity contribution in [3.8, 4) is 0 Å². The third-order valence-electron chi connectivity index (χ3n) is 3.90. The van der Waals surface area contributed by atoms with Crippen molar-refractivity contribution in [2.24, 2.45) is 7.05 Å². The first-order valence-corrected chi connectivity index (χ1v) is 9.15. The van der Waals surface area contributed by atoms with Crippen molar-refractivity contribution in [1.29, 1.82) is 0 Å². The zero-order valence-electron chi connectivity index (χ0n) is 14.2. The van der Waals surface area contributed by atoms with Crippen molar-refractivity contribution >= 4 is 10.0 Å². The second-order valence-electron chi connectivity index (χ2n) is 5.98. The highest BCUT2D eigenvalue weighted by Crippen LogP contribution is 2.26. The lowest BCUT2D eigenvalue weighted by atomic mass is 10.2. The van der Waals surface area contributed by atoms with Crippen molar-refractivity contribution in [3.63, 3.8) is 0 Å². The first-order valence-electron chi connectivity index (χ1n) is 7.71. The fourth-order valence-electron chi connectivity index (χ4n) is 2.87. The Balaban J connectivity index is 1.89. The molecule has 2 aromatic heterocycles. The summed E-state index contributed by atoms with van der Waals surface area (Å²) in [6, 6.07) is 1.87. The maximum Gasteiger partial charge on any atom is 0.246 e. The first-order chi connectivity index (χ1) is 11.3. The van der Waals surface area contributed by atoms with Gasteiger partial charge in [0.15, 0.2) is 5.82 Å². The number of nitrogens with zero attached hydrogens (tertiary/aromatic N) is 5. The predicted molar refractivity (Wildman–Crippen MR) is 86.9 cm³/mol. The molecule has 0 aromatic carbocycles. The quantitative estimate of drug-likeness (QED) is 0.816. The Labute approximate surface area is 141 Å². The molecule has 0 spiro atoms. The topological polar surface area (TPSA) is 90.2 Å². The molecule has 9 heteroatoms. The summed E-state index contributed by atoms with van der Waals surface area (Å²) >= 11 is 0. The van der Waals surface area contributed by atoms with Crippen LogP contribution >= 0.6 is 0 Å². The molecule has 1 aliphatic rings. The van der Waals surface area contributed by atoms with Gasteiger partial charge in [0.05, 0.1) is 12.3 Å². The van der Waals surface area contributed by atoms with Crippen molar-refractivity contribution < 1.29 is 13.2 Å². The molecule has 1 fully saturated rings. The molecule has 1 atom stereocenters. The first kappa shape index (κ1) is 17.0. The fourth-order valence-corrected chi connectivity index (χ4v) is 4.49. The minimum Gasteiger partial charge on any atom is -0.367 e. The monoisotopic (exact) mass is 351 g/mol. The summed E-state index contributed by atoms with van der Waals surface area (Å²) in [6.45, 7) is 6.26. The van der Waals surface area contributed by atoms with Crippen LogP contribution in [0, 0.1) is 20.8 Å². The summed E-state index contributed by atoms with van der Waals surface area (Å²) in [6.07, 6.45) is 1.06. The predicted octanol–water partition coefficient (Wildman–Crippen LogP) is 0.898. The molecular weight excluding hydrogens is 330 g/mol. The van der Waals surface area contributed by atoms with Gasteiger partial charge in [0.1, 0.15) is 11.0 Å². The highest BCUT2D eigenvalue weighted by atomic mass is 32.2. The molecule has 0 radical (unpaired) electrons. The van der Waals surface area contributed by atoms with Gasteiger partial charge in [0, 0.05) is 37.7 Å². The Morgan fingerprint density at radius 1 is 1.21 bits per heavy atom. The van der Waals surface area contributed by atoms with E-state index in [0.717, 1.165) is 11.4 Å². The maximum atomic E-state index is 12.9. The number of hydrogen-bond donors (Lipinski definition) is 0. The molecule has 0 amide bonds. The molecule has 3 heterocycles. The lowest BCUT2D eigenvalue weighted by Crippen LogP contribution is -2.42. The molecule has 3 rings (SSSR count). The van der Waals surface area contributed by atoms with Crippen LogP contribution in [0.4, 0.5) is 0 Å². The van der Waals surface area contributed by atoms with E-state index in [-0.39, 0.29) is 11.4 Å². The van der Waals surface area contributed by atoms with Crippen LogP contribution in [0.25, 0.3) is 0 Å². The molecule has 2 aromatic rings. The number of ether oxygens (including phenoxy) is 1. The summed E-state index contributed by atoms with van der Waals surface area (Å²) in [7, 11) is -1.91. The molecular formula is C15H21N5O3S. The molecule has 0 unspecified atom stereocenters. The second-order valence-corrected chi connectivity index (χ2v) is 7.89. The van der Waals surface area contributed by atoms with Gasteiger partial charge in [-0.05, 0) is 26.8 Å². The number of hydrogen-bond acceptors (Lipinski definition) is 6. The van der Waals surface area contributed by atoms with Crippen LogP contribution in [0.15, 0.2) is 17.2 Å². The van der Waals surface area contributed by atoms with E-state index in [1.54, 1.807) is 14.0 Å². The van der Waals surface area contributed by atoms with E-state index >= 15 is 0 Å². The third-order valence-corrected chi connectivity index (χ3v) is 5.87. The van der Waals surface area contributed by atoms with Gasteiger partial charge in [-0.15, -0.1) is 0 Å². The Morgan fingerprint density at radius 2 is 1.88 bits per heavy atom. The highest BCUT2D eigenvalue weighted by Gasteiger charge is 2.34. The number of aryl methyl sites for hydroxylation is 4. The summed E-state index contributed by atoms with van der Waals surface area (Å²) in [5.41, 5.74) is 2.16. The maximum absolute atomic E-state index is 12.9. The zero-order chi connectivity index (χ0) is 17.5. The fraction of sp³-hybridized carbons (Fsp3) is 0.533. The van der Waals surface area contributed by atoms with Crippen LogP contribution in [0.5, 0.6) is 0 Å². The largest absolute Gasteiger partial charge is 0.367 e. The van der Waals surface area contributed by atoms with Gasteiger partial charge < -0.3 is 4.74 Å². The van der Waals surface area contributed by atoms with Crippen LogP contribution < -0.4 is 0 Å². The highest BCUT2D eigenvalue weighted by molar-refractivity contribution is 7.89. The van der Waals surface area contributed by atoms with E-state index in [1.165, 1.54) is 15.2 Å². The standard InChI is InChI=1S/C15H21N5O3S/c1-10-7-11(2)17-15(16-10)13-8-20(5-6-23-13)24(21,22)14-9-19(4)18-12(14)3/h7,9,13H,5-6,8H2,1-4H3/t13-/m0/s1. The minimum atomic E-state index is -3.62. The Hall–Kier alpha value is -1.84. The zero-order valence-corrected chi connectivity index (χ0v) is 15.0. The summed E-state index contributed by atoms with van der Waals surface area (Å²) in [4.78, 5) is 9.02. The minimum absolute atomic E-state index is 0.194. The van der Waals surface area contributed by atoms with E-state index in [9.17, 15) is 8.42 Å². The Kier molecular flexibility index (Phi) is 4.41. The molecule has 1 saturated heterocycles. The molecule has 24 heavy (non-hydrogen) atoms. The van der Waals surface area contributed by atoms with Gasteiger partial charge in [-0.25, -0.2) is 18.4 Å². The second kappa shape index (κ2) is 6.23. The average molecular weight is 351 g/mol. The van der Waals surface area contributed by atoms with Crippen LogP contribution in [-0.4, -0.2) is 52.2 Å². The van der Waals surface area contributed by atoms with Crippen LogP contribution in [0.3, 0.4) is 0 Å². The number of morpholine rings is 1. The van der Waals surface area contributed by atoms with Crippen LogP contribution in [-0.2, 0) is 21.8 Å². The van der Waals surface area contributed by atoms with Crippen molar-refractivity contribution in [2.75, 3.05) is 19.7 Å². The number of aromatic nitrogens is 4. The van der Waals surface area contributed by atoms with Gasteiger partial charge in [0.2, 0.25) is 10.0 Å². The van der Waals surface area contributed by atoms with E-state index in [2.05, 4.69) is 15.1 Å². The van der Waals surface area contributed by atoms with Gasteiger partial charge >= 0.3 is 0 Å². The van der Waals surface area contributed by atoms with Crippen LogP contribution in [0.2, 0.25) is 0 Å². The van der Waals surface area contributed by atoms with Crippen molar-refractivity contribution in [3.05, 3.63) is 35.2 Å². The number of sulfonamides is 1. The molecule has 0 aliphatic carbocycles. The molecule has 0 saturated carbocycles. The summed E-state index contributed by atoms with van der Waals surface area (Å²) in [5.74, 6) is 0.523. The van der Waals surface area contributed by atoms with Crippen molar-refractivity contribution in [1.82, 2.24) is 24.1 Å². The lowest BCUT2D eigenvalue weighted by molar-refractivity contribution is -0.00770. The van der Waals surface area contributed by atoms with Gasteiger partial charge in [-0.3, -0.25) is 4.68 Å². The van der Waals surface area contributed by atoms with Gasteiger partial charge in [-0.1, -0.05) is 0 Å². The summed E-state index contributed by atoms with van der Waals surface area (Å²) < 4.78 is 34.5. The Bertz CT molecular complexity index is 842. The van der Waals surface area contributed by atoms with E-state index in [4.69, 9.17) is 4.74 Å². The molecule has 1 aliphatic heterocycles. The van der Waals surface area contributed by atoms with Crippen LogP contribution in [0.1, 0.15) is 29.0 Å². The SMILES string of the molecule is Cc1cc(C)nc([C@@H]2CN(S(=O)(=O)c3cn(C)nc3C)CCO2)n1. The lowest BCUT2D eigenvalue weighted by Gasteiger charge is -2.31. The smallest absolute Gasteiger partial charge is 0.246 e. The van der Waals surface area contributed by atoms with E-state index in [1.807, 2.05) is 19.9 Å².